The number of nitrogens with zero attached hydrogens (tertiary/aromatic N) is 2. The maximum absolute atomic E-state index is 12.9. The van der Waals surface area contributed by atoms with Crippen molar-refractivity contribution in [3.63, 3.8) is 0 Å². The highest BCUT2D eigenvalue weighted by molar-refractivity contribution is 7.19. The minimum Gasteiger partial charge on any atom is -0.347 e. The first-order chi connectivity index (χ1) is 17.0. The van der Waals surface area contributed by atoms with Gasteiger partial charge in [-0.3, -0.25) is 20.9 Å². The molecule has 1 aliphatic rings. The largest absolute Gasteiger partial charge is 0.347 e. The molecular weight excluding hydrogens is 460 g/mol. The van der Waals surface area contributed by atoms with Crippen molar-refractivity contribution in [1.82, 2.24) is 26.0 Å². The number of thiophene rings is 1. The molecule has 0 bridgehead atoms. The summed E-state index contributed by atoms with van der Waals surface area (Å²) in [6, 6.07) is 15.8. The third-order valence-electron chi connectivity index (χ3n) is 6.19. The Labute approximate surface area is 207 Å². The van der Waals surface area contributed by atoms with Gasteiger partial charge >= 0.3 is 0 Å². The second-order valence-electron chi connectivity index (χ2n) is 8.68. The van der Waals surface area contributed by atoms with Crippen molar-refractivity contribution < 1.29 is 9.59 Å². The van der Waals surface area contributed by atoms with E-state index >= 15 is 0 Å². The molecule has 35 heavy (non-hydrogen) atoms. The molecule has 2 amide bonds. The molecule has 2 heterocycles. The molecule has 0 saturated carbocycles. The van der Waals surface area contributed by atoms with Gasteiger partial charge in [0, 0.05) is 28.7 Å². The van der Waals surface area contributed by atoms with Crippen LogP contribution in [0, 0.1) is 6.92 Å². The summed E-state index contributed by atoms with van der Waals surface area (Å²) in [5, 5.41) is 7.13. The minimum atomic E-state index is -0.351. The molecule has 0 saturated heterocycles. The highest BCUT2D eigenvalue weighted by atomic mass is 32.1. The van der Waals surface area contributed by atoms with Gasteiger partial charge in [0.2, 0.25) is 0 Å². The first-order valence-electron chi connectivity index (χ1n) is 11.5. The second-order valence-corrected chi connectivity index (χ2v) is 9.97. The van der Waals surface area contributed by atoms with Crippen LogP contribution < -0.4 is 21.9 Å². The van der Waals surface area contributed by atoms with Crippen LogP contribution in [0.5, 0.6) is 0 Å². The number of nitrogens with one attached hydrogen (secondary N) is 3. The zero-order chi connectivity index (χ0) is 24.4. The molecule has 2 aromatic heterocycles. The number of hydrogen-bond donors (Lipinski definition) is 4. The van der Waals surface area contributed by atoms with Gasteiger partial charge in [0.05, 0.1) is 6.04 Å². The van der Waals surface area contributed by atoms with E-state index in [1.165, 1.54) is 32.9 Å². The second kappa shape index (κ2) is 9.91. The van der Waals surface area contributed by atoms with Gasteiger partial charge in [0.15, 0.2) is 0 Å². The van der Waals surface area contributed by atoms with Crippen molar-refractivity contribution >= 4 is 33.2 Å². The van der Waals surface area contributed by atoms with Crippen molar-refractivity contribution in [1.29, 1.82) is 0 Å². The molecule has 1 aliphatic carbocycles. The number of nitrogens with two attached hydrogens (primary N) is 1. The zero-order valence-electron chi connectivity index (χ0n) is 19.3. The number of fused-ring (bicyclic) bond motifs is 2. The number of rotatable bonds is 7. The van der Waals surface area contributed by atoms with E-state index in [2.05, 4.69) is 57.2 Å². The fourth-order valence-electron chi connectivity index (χ4n) is 4.48. The summed E-state index contributed by atoms with van der Waals surface area (Å²) < 4.78 is 1.19. The van der Waals surface area contributed by atoms with Gasteiger partial charge in [0.25, 0.3) is 11.8 Å². The lowest BCUT2D eigenvalue weighted by Crippen LogP contribution is -2.29. The Morgan fingerprint density at radius 3 is 2.60 bits per heavy atom. The van der Waals surface area contributed by atoms with Crippen LogP contribution in [0.4, 0.5) is 0 Å². The summed E-state index contributed by atoms with van der Waals surface area (Å²) in [5.74, 6) is 4.74. The molecular formula is C26H26N6O2S. The van der Waals surface area contributed by atoms with Crippen LogP contribution in [0.2, 0.25) is 0 Å². The van der Waals surface area contributed by atoms with E-state index in [-0.39, 0.29) is 29.2 Å². The number of amides is 2. The van der Waals surface area contributed by atoms with Crippen LogP contribution in [0.15, 0.2) is 54.9 Å². The van der Waals surface area contributed by atoms with E-state index in [1.54, 1.807) is 11.3 Å². The van der Waals surface area contributed by atoms with E-state index in [9.17, 15) is 9.59 Å². The number of hydrogen-bond acceptors (Lipinski definition) is 7. The van der Waals surface area contributed by atoms with Crippen LogP contribution in [-0.4, -0.2) is 21.8 Å². The van der Waals surface area contributed by atoms with Gasteiger partial charge in [-0.25, -0.2) is 9.97 Å². The van der Waals surface area contributed by atoms with Crippen LogP contribution in [0.25, 0.3) is 10.1 Å². The average molecular weight is 487 g/mol. The summed E-state index contributed by atoms with van der Waals surface area (Å²) in [6.07, 6.45) is 2.94. The molecule has 1 atom stereocenters. The molecule has 0 radical (unpaired) electrons. The summed E-state index contributed by atoms with van der Waals surface area (Å²) in [7, 11) is 0. The lowest BCUT2D eigenvalue weighted by atomic mass is 10.0. The Morgan fingerprint density at radius 2 is 1.77 bits per heavy atom. The maximum Gasteiger partial charge on any atom is 0.270 e. The summed E-state index contributed by atoms with van der Waals surface area (Å²) >= 11 is 1.73. The fourth-order valence-corrected chi connectivity index (χ4v) is 5.47. The summed E-state index contributed by atoms with van der Waals surface area (Å²) in [6.45, 7) is 3.05. The van der Waals surface area contributed by atoms with Crippen LogP contribution in [0.3, 0.4) is 0 Å². The molecule has 2 aromatic carbocycles. The molecule has 0 fully saturated rings. The third-order valence-corrected chi connectivity index (χ3v) is 7.20. The SMILES string of the molecule is Cc1cc2ccc(CNC(=O)c3cc(C(=O)NC4CCc5cc(CNN)ccc54)ncn3)cc2s1. The Morgan fingerprint density at radius 1 is 1.00 bits per heavy atom. The number of benzene rings is 2. The van der Waals surface area contributed by atoms with E-state index < -0.39 is 0 Å². The molecule has 5 rings (SSSR count). The zero-order valence-corrected chi connectivity index (χ0v) is 20.1. The van der Waals surface area contributed by atoms with Crippen LogP contribution >= 0.6 is 11.3 Å². The Balaban J connectivity index is 1.23. The van der Waals surface area contributed by atoms with E-state index in [1.807, 2.05) is 18.2 Å². The quantitative estimate of drug-likeness (QED) is 0.235. The molecule has 1 unspecified atom stereocenters. The van der Waals surface area contributed by atoms with E-state index in [0.29, 0.717) is 13.1 Å². The number of carbonyl (C=O) groups excluding carboxylic acids is 2. The van der Waals surface area contributed by atoms with E-state index in [0.717, 1.165) is 29.5 Å². The van der Waals surface area contributed by atoms with Crippen molar-refractivity contribution in [2.24, 2.45) is 5.84 Å². The average Bonchev–Trinajstić information content (AvgIpc) is 3.44. The monoisotopic (exact) mass is 486 g/mol. The minimum absolute atomic E-state index is 0.0968. The van der Waals surface area contributed by atoms with Gasteiger partial charge in [-0.1, -0.05) is 30.3 Å². The van der Waals surface area contributed by atoms with Gasteiger partial charge in [-0.05, 0) is 59.5 Å². The number of aromatic nitrogens is 2. The topological polar surface area (TPSA) is 122 Å². The Kier molecular flexibility index (Phi) is 6.54. The lowest BCUT2D eigenvalue weighted by molar-refractivity contribution is 0.0931. The highest BCUT2D eigenvalue weighted by Gasteiger charge is 2.25. The van der Waals surface area contributed by atoms with Crippen LogP contribution in [0.1, 0.15) is 60.6 Å². The number of aryl methyl sites for hydroxylation is 2. The molecule has 0 aliphatic heterocycles. The number of hydrazine groups is 1. The molecule has 5 N–H and O–H groups in total. The third kappa shape index (κ3) is 5.07. The molecule has 4 aromatic rings. The molecule has 9 heteroatoms. The standard InChI is InChI=1S/C26H26N6O2S/c1-15-8-19-4-2-17(10-24(19)35-15)12-28-25(33)22-11-23(30-14-29-22)26(34)32-21-7-5-18-9-16(13-31-27)3-6-20(18)21/h2-4,6,8-11,14,21,31H,5,7,12-13,27H2,1H3,(H,28,33)(H,32,34). The van der Waals surface area contributed by atoms with Gasteiger partial charge in [-0.2, -0.15) is 0 Å². The lowest BCUT2D eigenvalue weighted by Gasteiger charge is -2.14. The highest BCUT2D eigenvalue weighted by Crippen LogP contribution is 2.32. The molecule has 178 valence electrons. The Hall–Kier alpha value is -3.66. The van der Waals surface area contributed by atoms with Gasteiger partial charge in [-0.15, -0.1) is 11.3 Å². The smallest absolute Gasteiger partial charge is 0.270 e. The predicted molar refractivity (Wildman–Crippen MR) is 136 cm³/mol. The summed E-state index contributed by atoms with van der Waals surface area (Å²) in [4.78, 5) is 35.0. The number of carbonyl (C=O) groups is 2. The van der Waals surface area contributed by atoms with Crippen LogP contribution in [-0.2, 0) is 19.5 Å². The van der Waals surface area contributed by atoms with Crippen molar-refractivity contribution in [2.45, 2.75) is 38.9 Å². The fraction of sp³-hybridized carbons (Fsp3) is 0.231. The van der Waals surface area contributed by atoms with Gasteiger partial charge in [0.1, 0.15) is 17.7 Å². The van der Waals surface area contributed by atoms with Crippen molar-refractivity contribution in [2.75, 3.05) is 0 Å². The van der Waals surface area contributed by atoms with Gasteiger partial charge < -0.3 is 10.6 Å². The maximum atomic E-state index is 12.9. The van der Waals surface area contributed by atoms with Crippen molar-refractivity contribution in [3.05, 3.63) is 93.4 Å². The Bertz CT molecular complexity index is 1420. The normalized spacial score (nSPS) is 14.6. The summed E-state index contributed by atoms with van der Waals surface area (Å²) in [5.41, 5.74) is 7.41. The molecule has 8 nitrogen and oxygen atoms in total. The van der Waals surface area contributed by atoms with Crippen molar-refractivity contribution in [3.8, 4) is 0 Å². The molecule has 0 spiro atoms. The predicted octanol–water partition coefficient (Wildman–Crippen LogP) is 3.31. The first-order valence-corrected chi connectivity index (χ1v) is 12.3. The van der Waals surface area contributed by atoms with E-state index in [4.69, 9.17) is 5.84 Å². The first kappa shape index (κ1) is 23.1.